The fourth-order valence-corrected chi connectivity index (χ4v) is 3.15. The Morgan fingerprint density at radius 1 is 1.00 bits per heavy atom. The molecule has 1 N–H and O–H groups in total. The van der Waals surface area contributed by atoms with E-state index in [1.54, 1.807) is 37.3 Å². The highest BCUT2D eigenvalue weighted by Crippen LogP contribution is 2.32. The molecule has 0 unspecified atom stereocenters. The van der Waals surface area contributed by atoms with E-state index in [-0.39, 0.29) is 5.69 Å². The van der Waals surface area contributed by atoms with E-state index < -0.39 is 18.5 Å². The van der Waals surface area contributed by atoms with Crippen molar-refractivity contribution < 1.29 is 23.5 Å². The van der Waals surface area contributed by atoms with Gasteiger partial charge in [0.05, 0.1) is 5.69 Å². The van der Waals surface area contributed by atoms with Crippen molar-refractivity contribution in [1.29, 1.82) is 0 Å². The lowest BCUT2D eigenvalue weighted by Gasteiger charge is -2.13. The number of carbonyl (C=O) groups excluding carboxylic acids is 2. The van der Waals surface area contributed by atoms with Gasteiger partial charge in [0.25, 0.3) is 5.91 Å². The zero-order valence-corrected chi connectivity index (χ0v) is 18.3. The molecular formula is C25H19ClN2O5. The molecule has 0 aliphatic carbocycles. The molecule has 0 saturated carbocycles. The van der Waals surface area contributed by atoms with Gasteiger partial charge in [0, 0.05) is 10.6 Å². The average molecular weight is 463 g/mol. The highest BCUT2D eigenvalue weighted by molar-refractivity contribution is 6.31. The molecule has 166 valence electrons. The van der Waals surface area contributed by atoms with E-state index in [0.29, 0.717) is 33.9 Å². The van der Waals surface area contributed by atoms with Crippen LogP contribution in [0.1, 0.15) is 16.2 Å². The fourth-order valence-electron chi connectivity index (χ4n) is 2.98. The van der Waals surface area contributed by atoms with Crippen LogP contribution >= 0.6 is 11.6 Å². The lowest BCUT2D eigenvalue weighted by atomic mass is 10.2. The maximum atomic E-state index is 12.5. The monoisotopic (exact) mass is 462 g/mol. The van der Waals surface area contributed by atoms with Crippen LogP contribution in [0.4, 0.5) is 5.69 Å². The minimum absolute atomic E-state index is 0.0116. The number of ether oxygens (including phenoxy) is 2. The maximum absolute atomic E-state index is 12.5. The number of amides is 1. The molecule has 4 rings (SSSR count). The van der Waals surface area contributed by atoms with Crippen LogP contribution < -0.4 is 10.1 Å². The number of carbonyl (C=O) groups is 2. The van der Waals surface area contributed by atoms with Crippen LogP contribution in [0.15, 0.2) is 83.3 Å². The van der Waals surface area contributed by atoms with Crippen molar-refractivity contribution in [1.82, 2.24) is 4.98 Å². The van der Waals surface area contributed by atoms with Gasteiger partial charge in [0.2, 0.25) is 5.89 Å². The van der Waals surface area contributed by atoms with Gasteiger partial charge in [-0.2, -0.15) is 0 Å². The van der Waals surface area contributed by atoms with E-state index in [9.17, 15) is 9.59 Å². The maximum Gasteiger partial charge on any atom is 0.361 e. The van der Waals surface area contributed by atoms with Gasteiger partial charge in [-0.25, -0.2) is 9.78 Å². The van der Waals surface area contributed by atoms with Crippen LogP contribution in [0.2, 0.25) is 5.02 Å². The predicted octanol–water partition coefficient (Wildman–Crippen LogP) is 5.89. The topological polar surface area (TPSA) is 90.7 Å². The number of halogens is 1. The molecule has 33 heavy (non-hydrogen) atoms. The predicted molar refractivity (Wildman–Crippen MR) is 124 cm³/mol. The third-order valence-electron chi connectivity index (χ3n) is 4.53. The second-order valence-electron chi connectivity index (χ2n) is 6.97. The molecule has 1 aromatic heterocycles. The number of aromatic nitrogens is 1. The third kappa shape index (κ3) is 5.58. The molecule has 4 aromatic rings. The Labute approximate surface area is 194 Å². The lowest BCUT2D eigenvalue weighted by molar-refractivity contribution is -0.119. The van der Waals surface area contributed by atoms with Gasteiger partial charge in [-0.1, -0.05) is 48.0 Å². The number of anilines is 1. The molecule has 0 saturated heterocycles. The average Bonchev–Trinajstić information content (AvgIpc) is 3.22. The van der Waals surface area contributed by atoms with Gasteiger partial charge in [0.15, 0.2) is 18.1 Å². The highest BCUT2D eigenvalue weighted by Gasteiger charge is 2.21. The first-order valence-electron chi connectivity index (χ1n) is 10.0. The van der Waals surface area contributed by atoms with E-state index in [4.69, 9.17) is 25.5 Å². The largest absolute Gasteiger partial charge is 0.455 e. The first-order valence-corrected chi connectivity index (χ1v) is 10.4. The van der Waals surface area contributed by atoms with Crippen molar-refractivity contribution in [3.05, 3.63) is 95.3 Å². The number of hydrogen-bond donors (Lipinski definition) is 1. The summed E-state index contributed by atoms with van der Waals surface area (Å²) in [6, 6.07) is 23.1. The summed E-state index contributed by atoms with van der Waals surface area (Å²) >= 11 is 6.07. The second-order valence-corrected chi connectivity index (χ2v) is 7.41. The van der Waals surface area contributed by atoms with Crippen molar-refractivity contribution in [2.24, 2.45) is 0 Å². The number of nitrogens with zero attached hydrogens (tertiary/aromatic N) is 1. The van der Waals surface area contributed by atoms with Crippen LogP contribution in [-0.4, -0.2) is 23.5 Å². The van der Waals surface area contributed by atoms with Crippen molar-refractivity contribution in [3.8, 4) is 23.0 Å². The quantitative estimate of drug-likeness (QED) is 0.344. The Morgan fingerprint density at radius 3 is 2.42 bits per heavy atom. The van der Waals surface area contributed by atoms with Gasteiger partial charge in [-0.15, -0.1) is 0 Å². The van der Waals surface area contributed by atoms with E-state index in [1.165, 1.54) is 0 Å². The Balaban J connectivity index is 1.40. The summed E-state index contributed by atoms with van der Waals surface area (Å²) < 4.78 is 16.5. The third-order valence-corrected chi connectivity index (χ3v) is 4.77. The Morgan fingerprint density at radius 2 is 1.70 bits per heavy atom. The van der Waals surface area contributed by atoms with Gasteiger partial charge in [-0.3, -0.25) is 4.79 Å². The number of oxazole rings is 1. The number of aryl methyl sites for hydroxylation is 1. The normalized spacial score (nSPS) is 10.5. The first-order chi connectivity index (χ1) is 16.0. The van der Waals surface area contributed by atoms with Crippen LogP contribution in [0.3, 0.4) is 0 Å². The zero-order valence-electron chi connectivity index (χ0n) is 17.6. The second kappa shape index (κ2) is 10.0. The standard InChI is InChI=1S/C25H19ClN2O5/c1-16-23(28-24(32-16)17-8-4-2-5-9-17)25(30)31-15-22(29)27-20-14-18(26)12-13-21(20)33-19-10-6-3-7-11-19/h2-14H,15H2,1H3,(H,27,29). The number of rotatable bonds is 7. The van der Waals surface area contributed by atoms with Gasteiger partial charge in [-0.05, 0) is 49.4 Å². The first kappa shape index (κ1) is 22.1. The van der Waals surface area contributed by atoms with E-state index in [2.05, 4.69) is 10.3 Å². The lowest BCUT2D eigenvalue weighted by Crippen LogP contribution is -2.21. The van der Waals surface area contributed by atoms with Crippen molar-refractivity contribution in [3.63, 3.8) is 0 Å². The van der Waals surface area contributed by atoms with Gasteiger partial charge in [0.1, 0.15) is 11.5 Å². The molecule has 0 atom stereocenters. The Kier molecular flexibility index (Phi) is 6.71. The summed E-state index contributed by atoms with van der Waals surface area (Å²) in [5.41, 5.74) is 1.08. The molecule has 7 nitrogen and oxygen atoms in total. The van der Waals surface area contributed by atoms with Gasteiger partial charge < -0.3 is 19.2 Å². The van der Waals surface area contributed by atoms with Gasteiger partial charge >= 0.3 is 5.97 Å². The number of para-hydroxylation sites is 1. The summed E-state index contributed by atoms with van der Waals surface area (Å²) in [6.07, 6.45) is 0. The van der Waals surface area contributed by atoms with Crippen LogP contribution in [-0.2, 0) is 9.53 Å². The summed E-state index contributed by atoms with van der Waals surface area (Å²) in [5.74, 6) is 0.259. The number of esters is 1. The molecule has 0 bridgehead atoms. The molecular weight excluding hydrogens is 444 g/mol. The summed E-state index contributed by atoms with van der Waals surface area (Å²) in [5, 5.41) is 3.07. The molecule has 0 fully saturated rings. The molecule has 1 amide bonds. The minimum Gasteiger partial charge on any atom is -0.455 e. The van der Waals surface area contributed by atoms with Crippen LogP contribution in [0.25, 0.3) is 11.5 Å². The van der Waals surface area contributed by atoms with Crippen molar-refractivity contribution in [2.45, 2.75) is 6.92 Å². The Hall–Kier alpha value is -4.10. The summed E-state index contributed by atoms with van der Waals surface area (Å²) in [7, 11) is 0. The van der Waals surface area contributed by atoms with E-state index in [0.717, 1.165) is 5.56 Å². The number of benzene rings is 3. The molecule has 0 radical (unpaired) electrons. The molecule has 1 heterocycles. The summed E-state index contributed by atoms with van der Waals surface area (Å²) in [4.78, 5) is 29.1. The minimum atomic E-state index is -0.763. The van der Waals surface area contributed by atoms with E-state index >= 15 is 0 Å². The van der Waals surface area contributed by atoms with Crippen LogP contribution in [0, 0.1) is 6.92 Å². The zero-order chi connectivity index (χ0) is 23.2. The van der Waals surface area contributed by atoms with Crippen molar-refractivity contribution >= 4 is 29.2 Å². The van der Waals surface area contributed by atoms with Crippen molar-refractivity contribution in [2.75, 3.05) is 11.9 Å². The number of hydrogen-bond acceptors (Lipinski definition) is 6. The highest BCUT2D eigenvalue weighted by atomic mass is 35.5. The molecule has 8 heteroatoms. The molecule has 0 aliphatic rings. The number of nitrogens with one attached hydrogen (secondary N) is 1. The Bertz CT molecular complexity index is 1270. The summed E-state index contributed by atoms with van der Waals surface area (Å²) in [6.45, 7) is 1.08. The molecule has 0 aliphatic heterocycles. The van der Waals surface area contributed by atoms with Crippen LogP contribution in [0.5, 0.6) is 11.5 Å². The fraction of sp³-hybridized carbons (Fsp3) is 0.0800. The van der Waals surface area contributed by atoms with E-state index in [1.807, 2.05) is 48.5 Å². The molecule has 0 spiro atoms. The SMILES string of the molecule is Cc1oc(-c2ccccc2)nc1C(=O)OCC(=O)Nc1cc(Cl)ccc1Oc1ccccc1. The smallest absolute Gasteiger partial charge is 0.361 e. The molecule has 3 aromatic carbocycles.